The Kier molecular flexibility index (Phi) is 3.43. The van der Waals surface area contributed by atoms with Gasteiger partial charge >= 0.3 is 6.03 Å². The molecule has 2 amide bonds. The summed E-state index contributed by atoms with van der Waals surface area (Å²) in [6.45, 7) is 2.88. The van der Waals surface area contributed by atoms with Crippen molar-refractivity contribution < 1.29 is 4.79 Å². The smallest absolute Gasteiger partial charge is 0.317 e. The zero-order valence-electron chi connectivity index (χ0n) is 10.8. The Balaban J connectivity index is 1.89. The summed E-state index contributed by atoms with van der Waals surface area (Å²) >= 11 is 11.2. The normalized spacial score (nSPS) is 21.6. The number of thiocarbonyl (C=S) groups is 1. The molecule has 0 aliphatic carbocycles. The minimum absolute atomic E-state index is 0.0234. The topological polar surface area (TPSA) is 61.6 Å². The van der Waals surface area contributed by atoms with E-state index in [4.69, 9.17) is 29.6 Å². The van der Waals surface area contributed by atoms with Crippen LogP contribution in [0.25, 0.3) is 0 Å². The number of hydrogen-bond donors (Lipinski definition) is 2. The first kappa shape index (κ1) is 13.5. The Bertz CT molecular complexity index is 579. The molecule has 1 unspecified atom stereocenters. The van der Waals surface area contributed by atoms with E-state index in [1.54, 1.807) is 6.07 Å². The second-order valence-electron chi connectivity index (χ2n) is 5.01. The lowest BCUT2D eigenvalue weighted by Crippen LogP contribution is -2.52. The van der Waals surface area contributed by atoms with Crippen LogP contribution >= 0.6 is 23.8 Å². The zero-order chi connectivity index (χ0) is 14.3. The molecule has 3 N–H and O–H groups in total. The molecule has 1 atom stereocenters. The average molecular weight is 311 g/mol. The molecular weight excluding hydrogens is 296 g/mol. The van der Waals surface area contributed by atoms with Crippen LogP contribution in [-0.4, -0.2) is 48.1 Å². The third kappa shape index (κ3) is 2.29. The largest absolute Gasteiger partial charge is 0.389 e. The van der Waals surface area contributed by atoms with Crippen LogP contribution < -0.4 is 16.0 Å². The number of nitrogens with zero attached hydrogens (tertiary/aromatic N) is 2. The third-order valence-electron chi connectivity index (χ3n) is 3.80. The highest BCUT2D eigenvalue weighted by Gasteiger charge is 2.36. The number of carbonyl (C=O) groups is 1. The predicted octanol–water partition coefficient (Wildman–Crippen LogP) is 1.19. The first-order chi connectivity index (χ1) is 9.56. The summed E-state index contributed by atoms with van der Waals surface area (Å²) in [4.78, 5) is 16.0. The Hall–Kier alpha value is -1.53. The van der Waals surface area contributed by atoms with Gasteiger partial charge < -0.3 is 20.9 Å². The van der Waals surface area contributed by atoms with Gasteiger partial charge in [-0.25, -0.2) is 4.79 Å². The summed E-state index contributed by atoms with van der Waals surface area (Å²) in [5.41, 5.74) is 7.56. The highest BCUT2D eigenvalue weighted by atomic mass is 35.5. The number of nitrogens with one attached hydrogen (secondary N) is 1. The number of carbonyl (C=O) groups excluding carboxylic acids is 1. The molecule has 0 bridgehead atoms. The highest BCUT2D eigenvalue weighted by Crippen LogP contribution is 2.28. The van der Waals surface area contributed by atoms with Gasteiger partial charge in [0, 0.05) is 42.5 Å². The zero-order valence-corrected chi connectivity index (χ0v) is 12.4. The van der Waals surface area contributed by atoms with E-state index in [2.05, 4.69) is 10.2 Å². The number of fused-ring (bicyclic) bond motifs is 1. The van der Waals surface area contributed by atoms with Crippen LogP contribution in [0.3, 0.4) is 0 Å². The third-order valence-corrected chi connectivity index (χ3v) is 4.25. The minimum atomic E-state index is 0.0234. The van der Waals surface area contributed by atoms with Crippen molar-refractivity contribution in [1.82, 2.24) is 10.2 Å². The van der Waals surface area contributed by atoms with Crippen LogP contribution in [0, 0.1) is 0 Å². The van der Waals surface area contributed by atoms with Crippen molar-refractivity contribution in [1.29, 1.82) is 0 Å². The SMILES string of the molecule is NC(=S)c1ccc(Cl)cc1N1CCN2C(=O)NCC2C1. The van der Waals surface area contributed by atoms with Crippen molar-refractivity contribution in [2.75, 3.05) is 31.1 Å². The molecule has 5 nitrogen and oxygen atoms in total. The molecule has 1 aromatic carbocycles. The van der Waals surface area contributed by atoms with E-state index in [0.717, 1.165) is 24.3 Å². The van der Waals surface area contributed by atoms with Crippen molar-refractivity contribution in [2.45, 2.75) is 6.04 Å². The summed E-state index contributed by atoms with van der Waals surface area (Å²) in [6.07, 6.45) is 0. The summed E-state index contributed by atoms with van der Waals surface area (Å²) in [5.74, 6) is 0. The molecule has 1 aromatic rings. The first-order valence-electron chi connectivity index (χ1n) is 6.45. The minimum Gasteiger partial charge on any atom is -0.389 e. The van der Waals surface area contributed by atoms with Crippen LogP contribution in [0.1, 0.15) is 5.56 Å². The van der Waals surface area contributed by atoms with E-state index in [0.29, 0.717) is 23.1 Å². The van der Waals surface area contributed by atoms with Gasteiger partial charge in [-0.05, 0) is 18.2 Å². The van der Waals surface area contributed by atoms with Crippen molar-refractivity contribution >= 4 is 40.5 Å². The monoisotopic (exact) mass is 310 g/mol. The van der Waals surface area contributed by atoms with Gasteiger partial charge in [-0.1, -0.05) is 23.8 Å². The van der Waals surface area contributed by atoms with Crippen LogP contribution in [0.4, 0.5) is 10.5 Å². The molecule has 106 valence electrons. The molecule has 0 radical (unpaired) electrons. The number of hydrogen-bond acceptors (Lipinski definition) is 3. The van der Waals surface area contributed by atoms with Crippen LogP contribution in [0.2, 0.25) is 5.02 Å². The second-order valence-corrected chi connectivity index (χ2v) is 5.88. The number of rotatable bonds is 2. The fourth-order valence-corrected chi connectivity index (χ4v) is 3.14. The van der Waals surface area contributed by atoms with E-state index in [1.807, 2.05) is 17.0 Å². The maximum absolute atomic E-state index is 11.6. The highest BCUT2D eigenvalue weighted by molar-refractivity contribution is 7.80. The molecule has 0 aromatic heterocycles. The second kappa shape index (κ2) is 5.10. The molecular formula is C13H15ClN4OS. The van der Waals surface area contributed by atoms with Gasteiger partial charge in [-0.15, -0.1) is 0 Å². The van der Waals surface area contributed by atoms with Gasteiger partial charge in [0.25, 0.3) is 0 Å². The molecule has 2 aliphatic heterocycles. The number of piperazine rings is 1. The number of anilines is 1. The number of nitrogens with two attached hydrogens (primary N) is 1. The van der Waals surface area contributed by atoms with Gasteiger partial charge in [-0.3, -0.25) is 0 Å². The Morgan fingerprint density at radius 1 is 1.45 bits per heavy atom. The number of halogens is 1. The lowest BCUT2D eigenvalue weighted by molar-refractivity contribution is 0.197. The van der Waals surface area contributed by atoms with Crippen LogP contribution in [-0.2, 0) is 0 Å². The molecule has 2 aliphatic rings. The van der Waals surface area contributed by atoms with Gasteiger partial charge in [0.05, 0.1) is 6.04 Å². The van der Waals surface area contributed by atoms with Gasteiger partial charge in [0.15, 0.2) is 0 Å². The van der Waals surface area contributed by atoms with Crippen molar-refractivity contribution in [3.63, 3.8) is 0 Å². The molecule has 20 heavy (non-hydrogen) atoms. The Labute approximate surface area is 127 Å². The molecule has 2 fully saturated rings. The van der Waals surface area contributed by atoms with E-state index in [9.17, 15) is 4.79 Å². The van der Waals surface area contributed by atoms with E-state index in [1.165, 1.54) is 0 Å². The predicted molar refractivity (Wildman–Crippen MR) is 83.4 cm³/mol. The molecule has 2 heterocycles. The summed E-state index contributed by atoms with van der Waals surface area (Å²) in [5, 5.41) is 3.52. The summed E-state index contributed by atoms with van der Waals surface area (Å²) in [7, 11) is 0. The fourth-order valence-electron chi connectivity index (χ4n) is 2.80. The number of benzene rings is 1. The van der Waals surface area contributed by atoms with E-state index >= 15 is 0 Å². The lowest BCUT2D eigenvalue weighted by Gasteiger charge is -2.38. The average Bonchev–Trinajstić information content (AvgIpc) is 2.79. The molecule has 0 saturated carbocycles. The van der Waals surface area contributed by atoms with Crippen LogP contribution in [0.5, 0.6) is 0 Å². The maximum Gasteiger partial charge on any atom is 0.317 e. The van der Waals surface area contributed by atoms with E-state index in [-0.39, 0.29) is 12.1 Å². The van der Waals surface area contributed by atoms with Gasteiger partial charge in [0.2, 0.25) is 0 Å². The number of urea groups is 1. The van der Waals surface area contributed by atoms with Crippen molar-refractivity contribution in [2.24, 2.45) is 5.73 Å². The van der Waals surface area contributed by atoms with Crippen molar-refractivity contribution in [3.8, 4) is 0 Å². The molecule has 7 heteroatoms. The van der Waals surface area contributed by atoms with Gasteiger partial charge in [0.1, 0.15) is 4.99 Å². The quantitative estimate of drug-likeness (QED) is 0.806. The standard InChI is InChI=1S/C13H15ClN4OS/c14-8-1-2-10(12(15)20)11(5-8)17-3-4-18-9(7-17)6-16-13(18)19/h1-2,5,9H,3-4,6-7H2,(H2,15,20)(H,16,19). The molecule has 2 saturated heterocycles. The fraction of sp³-hybridized carbons (Fsp3) is 0.385. The Morgan fingerprint density at radius 3 is 3.00 bits per heavy atom. The van der Waals surface area contributed by atoms with E-state index < -0.39 is 0 Å². The Morgan fingerprint density at radius 2 is 2.25 bits per heavy atom. The maximum atomic E-state index is 11.6. The van der Waals surface area contributed by atoms with Gasteiger partial charge in [-0.2, -0.15) is 0 Å². The first-order valence-corrected chi connectivity index (χ1v) is 7.23. The van der Waals surface area contributed by atoms with Crippen molar-refractivity contribution in [3.05, 3.63) is 28.8 Å². The molecule has 0 spiro atoms. The molecule has 3 rings (SSSR count). The summed E-state index contributed by atoms with van der Waals surface area (Å²) in [6, 6.07) is 5.74. The number of amides is 2. The summed E-state index contributed by atoms with van der Waals surface area (Å²) < 4.78 is 0. The lowest BCUT2D eigenvalue weighted by atomic mass is 10.1. The van der Waals surface area contributed by atoms with Crippen LogP contribution in [0.15, 0.2) is 18.2 Å².